The fourth-order valence-electron chi connectivity index (χ4n) is 0.874. The zero-order valence-electron chi connectivity index (χ0n) is 7.50. The smallest absolute Gasteiger partial charge is 0.0925 e. The molecule has 0 radical (unpaired) electrons. The minimum absolute atomic E-state index is 0.272. The molecule has 12 heavy (non-hydrogen) atoms. The molecule has 4 heteroatoms. The number of H-pyrrole nitrogens is 1. The number of nitrogens with two attached hydrogens (primary N) is 1. The van der Waals surface area contributed by atoms with E-state index in [0.29, 0.717) is 0 Å². The van der Waals surface area contributed by atoms with Gasteiger partial charge < -0.3 is 10.7 Å². The first-order valence-corrected chi connectivity index (χ1v) is 5.18. The van der Waals surface area contributed by atoms with Crippen LogP contribution in [0, 0.1) is 6.92 Å². The lowest BCUT2D eigenvalue weighted by molar-refractivity contribution is 0.847. The second kappa shape index (κ2) is 4.52. The highest BCUT2D eigenvalue weighted by Crippen LogP contribution is 2.12. The number of nitrogens with zero attached hydrogens (tertiary/aromatic N) is 1. The van der Waals surface area contributed by atoms with Crippen molar-refractivity contribution >= 4 is 11.8 Å². The van der Waals surface area contributed by atoms with Gasteiger partial charge in [0, 0.05) is 23.2 Å². The van der Waals surface area contributed by atoms with Crippen molar-refractivity contribution in [3.63, 3.8) is 0 Å². The number of aromatic amines is 1. The molecule has 0 amide bonds. The normalized spacial score (nSPS) is 13.2. The number of hydrogen-bond donors (Lipinski definition) is 2. The molecule has 3 N–H and O–H groups in total. The monoisotopic (exact) mass is 185 g/mol. The summed E-state index contributed by atoms with van der Waals surface area (Å²) < 4.78 is 0. The molecule has 1 heterocycles. The fourth-order valence-corrected chi connectivity index (χ4v) is 1.85. The van der Waals surface area contributed by atoms with E-state index in [1.54, 1.807) is 6.33 Å². The molecule has 1 rings (SSSR count). The molecular formula is C8H15N3S. The maximum absolute atomic E-state index is 5.62. The van der Waals surface area contributed by atoms with Gasteiger partial charge in [0.1, 0.15) is 0 Å². The topological polar surface area (TPSA) is 54.7 Å². The Balaban J connectivity index is 2.29. The van der Waals surface area contributed by atoms with Crippen LogP contribution in [-0.4, -0.2) is 21.8 Å². The van der Waals surface area contributed by atoms with Gasteiger partial charge in [-0.3, -0.25) is 0 Å². The van der Waals surface area contributed by atoms with Crippen LogP contribution >= 0.6 is 11.8 Å². The van der Waals surface area contributed by atoms with Crippen molar-refractivity contribution in [1.29, 1.82) is 0 Å². The van der Waals surface area contributed by atoms with Crippen molar-refractivity contribution in [3.8, 4) is 0 Å². The Hall–Kier alpha value is -0.480. The Morgan fingerprint density at radius 3 is 3.00 bits per heavy atom. The quantitative estimate of drug-likeness (QED) is 0.743. The molecule has 0 spiro atoms. The van der Waals surface area contributed by atoms with E-state index in [-0.39, 0.29) is 6.04 Å². The van der Waals surface area contributed by atoms with E-state index in [9.17, 15) is 0 Å². The van der Waals surface area contributed by atoms with Gasteiger partial charge in [0.2, 0.25) is 0 Å². The first kappa shape index (κ1) is 9.61. The van der Waals surface area contributed by atoms with Gasteiger partial charge in [0.25, 0.3) is 0 Å². The minimum Gasteiger partial charge on any atom is -0.348 e. The average molecular weight is 185 g/mol. The van der Waals surface area contributed by atoms with Crippen molar-refractivity contribution in [2.75, 3.05) is 5.75 Å². The van der Waals surface area contributed by atoms with E-state index >= 15 is 0 Å². The highest BCUT2D eigenvalue weighted by atomic mass is 32.2. The summed E-state index contributed by atoms with van der Waals surface area (Å²) >= 11 is 1.83. The van der Waals surface area contributed by atoms with Crippen LogP contribution in [0.5, 0.6) is 0 Å². The maximum Gasteiger partial charge on any atom is 0.0925 e. The predicted molar refractivity (Wildman–Crippen MR) is 53.1 cm³/mol. The van der Waals surface area contributed by atoms with E-state index < -0.39 is 0 Å². The molecule has 68 valence electrons. The Morgan fingerprint density at radius 2 is 2.50 bits per heavy atom. The van der Waals surface area contributed by atoms with Crippen molar-refractivity contribution in [2.45, 2.75) is 25.6 Å². The Labute approximate surface area is 77.1 Å². The standard InChI is InChI=1S/C8H15N3S/c1-6(9)3-12-4-8-7(2)10-5-11-8/h5-6H,3-4,9H2,1-2H3,(H,10,11)/t6-/m0/s1. The lowest BCUT2D eigenvalue weighted by atomic mass is 10.4. The Kier molecular flexibility index (Phi) is 3.62. The van der Waals surface area contributed by atoms with E-state index in [2.05, 4.69) is 9.97 Å². The Bertz CT molecular complexity index is 232. The molecule has 1 atom stereocenters. The van der Waals surface area contributed by atoms with Gasteiger partial charge in [0.15, 0.2) is 0 Å². The minimum atomic E-state index is 0.272. The highest BCUT2D eigenvalue weighted by molar-refractivity contribution is 7.98. The zero-order valence-corrected chi connectivity index (χ0v) is 8.32. The highest BCUT2D eigenvalue weighted by Gasteiger charge is 2.01. The molecule has 0 unspecified atom stereocenters. The van der Waals surface area contributed by atoms with Gasteiger partial charge in [-0.15, -0.1) is 0 Å². The molecule has 0 saturated heterocycles. The maximum atomic E-state index is 5.62. The third-order valence-corrected chi connectivity index (χ3v) is 2.79. The van der Waals surface area contributed by atoms with Crippen molar-refractivity contribution < 1.29 is 0 Å². The number of nitrogens with one attached hydrogen (secondary N) is 1. The van der Waals surface area contributed by atoms with Crippen LogP contribution in [0.1, 0.15) is 18.3 Å². The van der Waals surface area contributed by atoms with Gasteiger partial charge in [0.05, 0.1) is 12.0 Å². The molecular weight excluding hydrogens is 170 g/mol. The van der Waals surface area contributed by atoms with Crippen molar-refractivity contribution in [1.82, 2.24) is 9.97 Å². The zero-order chi connectivity index (χ0) is 8.97. The van der Waals surface area contributed by atoms with Crippen LogP contribution in [0.15, 0.2) is 6.33 Å². The number of rotatable bonds is 4. The second-order valence-electron chi connectivity index (χ2n) is 2.97. The lowest BCUT2D eigenvalue weighted by Gasteiger charge is -2.02. The van der Waals surface area contributed by atoms with Crippen molar-refractivity contribution in [2.24, 2.45) is 5.73 Å². The summed E-state index contributed by atoms with van der Waals surface area (Å²) in [5.74, 6) is 1.95. The molecule has 0 bridgehead atoms. The SMILES string of the molecule is Cc1[nH]cnc1CSC[C@H](C)N. The summed E-state index contributed by atoms with van der Waals surface area (Å²) in [4.78, 5) is 7.25. The van der Waals surface area contributed by atoms with E-state index in [0.717, 1.165) is 22.9 Å². The molecule has 0 aliphatic heterocycles. The van der Waals surface area contributed by atoms with Gasteiger partial charge >= 0.3 is 0 Å². The molecule has 0 aliphatic carbocycles. The summed E-state index contributed by atoms with van der Waals surface area (Å²) in [6.45, 7) is 4.05. The third-order valence-electron chi connectivity index (χ3n) is 1.55. The van der Waals surface area contributed by atoms with Crippen LogP contribution < -0.4 is 5.73 Å². The summed E-state index contributed by atoms with van der Waals surface area (Å²) in [5.41, 5.74) is 7.92. The molecule has 1 aromatic heterocycles. The van der Waals surface area contributed by atoms with E-state index in [4.69, 9.17) is 5.73 Å². The van der Waals surface area contributed by atoms with Crippen LogP contribution in [0.4, 0.5) is 0 Å². The van der Waals surface area contributed by atoms with Gasteiger partial charge in [-0.2, -0.15) is 11.8 Å². The van der Waals surface area contributed by atoms with Crippen molar-refractivity contribution in [3.05, 3.63) is 17.7 Å². The number of aromatic nitrogens is 2. The number of aryl methyl sites for hydroxylation is 1. The third kappa shape index (κ3) is 2.87. The molecule has 0 aromatic carbocycles. The average Bonchev–Trinajstić information content (AvgIpc) is 2.36. The predicted octanol–water partition coefficient (Wildman–Crippen LogP) is 1.30. The number of thioether (sulfide) groups is 1. The van der Waals surface area contributed by atoms with E-state index in [1.807, 2.05) is 25.6 Å². The molecule has 1 aromatic rings. The Morgan fingerprint density at radius 1 is 1.75 bits per heavy atom. The number of hydrogen-bond acceptors (Lipinski definition) is 3. The van der Waals surface area contributed by atoms with Crippen LogP contribution in [0.25, 0.3) is 0 Å². The molecule has 0 fully saturated rings. The summed E-state index contributed by atoms with van der Waals surface area (Å²) in [6.07, 6.45) is 1.73. The van der Waals surface area contributed by atoms with Crippen LogP contribution in [0.2, 0.25) is 0 Å². The fraction of sp³-hybridized carbons (Fsp3) is 0.625. The second-order valence-corrected chi connectivity index (χ2v) is 4.00. The summed E-state index contributed by atoms with van der Waals surface area (Å²) in [6, 6.07) is 0.272. The first-order chi connectivity index (χ1) is 5.70. The van der Waals surface area contributed by atoms with Gasteiger partial charge in [-0.05, 0) is 13.8 Å². The number of imidazole rings is 1. The first-order valence-electron chi connectivity index (χ1n) is 4.02. The van der Waals surface area contributed by atoms with Gasteiger partial charge in [-0.1, -0.05) is 0 Å². The molecule has 0 saturated carbocycles. The molecule has 3 nitrogen and oxygen atoms in total. The van der Waals surface area contributed by atoms with Crippen LogP contribution in [0.3, 0.4) is 0 Å². The summed E-state index contributed by atoms with van der Waals surface area (Å²) in [5, 5.41) is 0. The lowest BCUT2D eigenvalue weighted by Crippen LogP contribution is -2.17. The van der Waals surface area contributed by atoms with Gasteiger partial charge in [-0.25, -0.2) is 4.98 Å². The molecule has 0 aliphatic rings. The van der Waals surface area contributed by atoms with E-state index in [1.165, 1.54) is 0 Å². The van der Waals surface area contributed by atoms with Crippen LogP contribution in [-0.2, 0) is 5.75 Å². The summed E-state index contributed by atoms with van der Waals surface area (Å²) in [7, 11) is 0. The largest absolute Gasteiger partial charge is 0.348 e.